The summed E-state index contributed by atoms with van der Waals surface area (Å²) in [6.07, 6.45) is 3.02. The number of hydrogen-bond donors (Lipinski definition) is 2. The Morgan fingerprint density at radius 3 is 2.73 bits per heavy atom. The van der Waals surface area contributed by atoms with Crippen LogP contribution >= 0.6 is 11.8 Å². The number of thioether (sulfide) groups is 1. The highest BCUT2D eigenvalue weighted by Crippen LogP contribution is 2.09. The molecule has 0 unspecified atom stereocenters. The number of hydrogen-bond acceptors (Lipinski definition) is 4. The molecule has 0 aliphatic carbocycles. The zero-order valence-corrected chi connectivity index (χ0v) is 10.7. The number of aliphatic hydroxyl groups is 1. The second-order valence-corrected chi connectivity index (χ2v) is 6.69. The Bertz CT molecular complexity index is 180. The maximum absolute atomic E-state index is 11.1. The SMILES string of the molecule is O=S1CCC(NCCSCCCO)CC1. The second kappa shape index (κ2) is 8.56. The molecular weight excluding hydrogens is 230 g/mol. The van der Waals surface area contributed by atoms with Gasteiger partial charge in [0.15, 0.2) is 0 Å². The van der Waals surface area contributed by atoms with Crippen LogP contribution in [-0.2, 0) is 10.8 Å². The van der Waals surface area contributed by atoms with Crippen molar-refractivity contribution in [1.29, 1.82) is 0 Å². The van der Waals surface area contributed by atoms with Gasteiger partial charge in [-0.25, -0.2) is 0 Å². The molecular formula is C10H21NO2S2. The van der Waals surface area contributed by atoms with Crippen molar-refractivity contribution in [2.45, 2.75) is 25.3 Å². The zero-order valence-electron chi connectivity index (χ0n) is 9.11. The fourth-order valence-corrected chi connectivity index (χ4v) is 3.70. The van der Waals surface area contributed by atoms with Crippen LogP contribution in [-0.4, -0.2) is 51.5 Å². The standard InChI is InChI=1S/C10H21NO2S2/c12-5-1-6-14-7-4-11-10-2-8-15(13)9-3-10/h10-12H,1-9H2. The van der Waals surface area contributed by atoms with Crippen molar-refractivity contribution in [3.63, 3.8) is 0 Å². The van der Waals surface area contributed by atoms with Gasteiger partial charge in [-0.2, -0.15) is 11.8 Å². The molecule has 0 bridgehead atoms. The fraction of sp³-hybridized carbons (Fsp3) is 1.00. The number of aliphatic hydroxyl groups excluding tert-OH is 1. The molecule has 5 heteroatoms. The molecule has 0 spiro atoms. The molecule has 1 aliphatic rings. The third-order valence-electron chi connectivity index (χ3n) is 2.51. The summed E-state index contributed by atoms with van der Waals surface area (Å²) in [7, 11) is -0.546. The van der Waals surface area contributed by atoms with Gasteiger partial charge >= 0.3 is 0 Å². The lowest BCUT2D eigenvalue weighted by Gasteiger charge is -2.22. The first-order chi connectivity index (χ1) is 7.33. The Labute approximate surface area is 98.9 Å². The minimum atomic E-state index is -0.546. The van der Waals surface area contributed by atoms with Gasteiger partial charge in [0.05, 0.1) is 0 Å². The molecule has 1 rings (SSSR count). The van der Waals surface area contributed by atoms with E-state index in [1.807, 2.05) is 11.8 Å². The molecule has 1 heterocycles. The van der Waals surface area contributed by atoms with Gasteiger partial charge in [-0.3, -0.25) is 4.21 Å². The van der Waals surface area contributed by atoms with E-state index in [1.165, 1.54) is 0 Å². The highest BCUT2D eigenvalue weighted by molar-refractivity contribution is 7.99. The fourth-order valence-electron chi connectivity index (χ4n) is 1.60. The minimum absolute atomic E-state index is 0.300. The molecule has 90 valence electrons. The average Bonchev–Trinajstić information content (AvgIpc) is 2.26. The van der Waals surface area contributed by atoms with Crippen LogP contribution in [0.5, 0.6) is 0 Å². The van der Waals surface area contributed by atoms with Crippen molar-refractivity contribution in [1.82, 2.24) is 5.32 Å². The van der Waals surface area contributed by atoms with Crippen LogP contribution in [0, 0.1) is 0 Å². The first-order valence-corrected chi connectivity index (χ1v) is 8.24. The summed E-state index contributed by atoms with van der Waals surface area (Å²) < 4.78 is 11.1. The molecule has 0 atom stereocenters. The van der Waals surface area contributed by atoms with Crippen LogP contribution in [0.1, 0.15) is 19.3 Å². The quantitative estimate of drug-likeness (QED) is 0.651. The molecule has 0 aromatic rings. The zero-order chi connectivity index (χ0) is 10.9. The maximum Gasteiger partial charge on any atom is 0.0438 e. The molecule has 2 N–H and O–H groups in total. The number of nitrogens with one attached hydrogen (secondary N) is 1. The largest absolute Gasteiger partial charge is 0.396 e. The second-order valence-electron chi connectivity index (χ2n) is 3.77. The topological polar surface area (TPSA) is 49.3 Å². The van der Waals surface area contributed by atoms with E-state index in [1.54, 1.807) is 0 Å². The molecule has 0 amide bonds. The summed E-state index contributed by atoms with van der Waals surface area (Å²) in [4.78, 5) is 0. The van der Waals surface area contributed by atoms with Gasteiger partial charge in [-0.15, -0.1) is 0 Å². The molecule has 1 fully saturated rings. The predicted octanol–water partition coefficient (Wildman–Crippen LogP) is 0.603. The van der Waals surface area contributed by atoms with E-state index in [0.717, 1.165) is 48.8 Å². The maximum atomic E-state index is 11.1. The lowest BCUT2D eigenvalue weighted by molar-refractivity contribution is 0.296. The van der Waals surface area contributed by atoms with Gasteiger partial charge in [0.25, 0.3) is 0 Å². The summed E-state index contributed by atoms with van der Waals surface area (Å²) in [6, 6.07) is 0.584. The molecule has 1 aliphatic heterocycles. The normalized spacial score (nSPS) is 26.7. The molecule has 0 saturated carbocycles. The van der Waals surface area contributed by atoms with Gasteiger partial charge < -0.3 is 10.4 Å². The van der Waals surface area contributed by atoms with Crippen LogP contribution in [0.2, 0.25) is 0 Å². The first kappa shape index (κ1) is 13.5. The van der Waals surface area contributed by atoms with Gasteiger partial charge in [0.2, 0.25) is 0 Å². The van der Waals surface area contributed by atoms with Crippen LogP contribution in [0.25, 0.3) is 0 Å². The van der Waals surface area contributed by atoms with E-state index in [9.17, 15) is 4.21 Å². The summed E-state index contributed by atoms with van der Waals surface area (Å²) >= 11 is 1.88. The highest BCUT2D eigenvalue weighted by Gasteiger charge is 2.16. The van der Waals surface area contributed by atoms with Crippen molar-refractivity contribution >= 4 is 22.6 Å². The van der Waals surface area contributed by atoms with E-state index >= 15 is 0 Å². The smallest absolute Gasteiger partial charge is 0.0438 e. The van der Waals surface area contributed by atoms with Crippen molar-refractivity contribution < 1.29 is 9.32 Å². The van der Waals surface area contributed by atoms with Crippen LogP contribution in [0.3, 0.4) is 0 Å². The van der Waals surface area contributed by atoms with Crippen LogP contribution in [0.4, 0.5) is 0 Å². The van der Waals surface area contributed by atoms with E-state index < -0.39 is 10.8 Å². The third kappa shape index (κ3) is 6.56. The van der Waals surface area contributed by atoms with Crippen LogP contribution in [0.15, 0.2) is 0 Å². The molecule has 15 heavy (non-hydrogen) atoms. The summed E-state index contributed by atoms with van der Waals surface area (Å²) in [5, 5.41) is 12.1. The Balaban J connectivity index is 1.89. The predicted molar refractivity (Wildman–Crippen MR) is 67.9 cm³/mol. The summed E-state index contributed by atoms with van der Waals surface area (Å²) in [5.41, 5.74) is 0. The van der Waals surface area contributed by atoms with E-state index in [-0.39, 0.29) is 0 Å². The van der Waals surface area contributed by atoms with Crippen molar-refractivity contribution in [3.8, 4) is 0 Å². The van der Waals surface area contributed by atoms with Gasteiger partial charge in [0.1, 0.15) is 0 Å². The van der Waals surface area contributed by atoms with Gasteiger partial charge in [-0.05, 0) is 25.0 Å². The molecule has 0 aromatic carbocycles. The summed E-state index contributed by atoms with van der Waals surface area (Å²) in [6.45, 7) is 1.34. The Hall–Kier alpha value is 0.420. The monoisotopic (exact) mass is 251 g/mol. The van der Waals surface area contributed by atoms with E-state index in [4.69, 9.17) is 5.11 Å². The molecule has 1 saturated heterocycles. The Morgan fingerprint density at radius 2 is 2.07 bits per heavy atom. The summed E-state index contributed by atoms with van der Waals surface area (Å²) in [5.74, 6) is 3.90. The minimum Gasteiger partial charge on any atom is -0.396 e. The Kier molecular flexibility index (Phi) is 7.69. The van der Waals surface area contributed by atoms with Crippen molar-refractivity contribution in [3.05, 3.63) is 0 Å². The van der Waals surface area contributed by atoms with E-state index in [2.05, 4.69) is 5.32 Å². The molecule has 0 radical (unpaired) electrons. The number of rotatable bonds is 7. The lowest BCUT2D eigenvalue weighted by Crippen LogP contribution is -2.36. The van der Waals surface area contributed by atoms with Crippen LogP contribution < -0.4 is 5.32 Å². The highest BCUT2D eigenvalue weighted by atomic mass is 32.2. The van der Waals surface area contributed by atoms with Crippen molar-refractivity contribution in [2.75, 3.05) is 36.2 Å². The van der Waals surface area contributed by atoms with Crippen molar-refractivity contribution in [2.24, 2.45) is 0 Å². The van der Waals surface area contributed by atoms with Gasteiger partial charge in [0, 0.05) is 47.3 Å². The lowest BCUT2D eigenvalue weighted by atomic mass is 10.1. The van der Waals surface area contributed by atoms with E-state index in [0.29, 0.717) is 12.6 Å². The average molecular weight is 251 g/mol. The third-order valence-corrected chi connectivity index (χ3v) is 4.97. The first-order valence-electron chi connectivity index (χ1n) is 5.60. The molecule has 3 nitrogen and oxygen atoms in total. The van der Waals surface area contributed by atoms with Gasteiger partial charge in [-0.1, -0.05) is 0 Å². The Morgan fingerprint density at radius 1 is 1.33 bits per heavy atom. The molecule has 0 aromatic heterocycles.